The van der Waals surface area contributed by atoms with Gasteiger partial charge < -0.3 is 10.2 Å². The van der Waals surface area contributed by atoms with Crippen molar-refractivity contribution in [2.45, 2.75) is 33.1 Å². The second kappa shape index (κ2) is 8.92. The van der Waals surface area contributed by atoms with Gasteiger partial charge in [-0.2, -0.15) is 0 Å². The first-order valence-corrected chi connectivity index (χ1v) is 6.99. The molecule has 0 radical (unpaired) electrons. The largest absolute Gasteiger partial charge is 0.372 e. The number of anilines is 1. The summed E-state index contributed by atoms with van der Waals surface area (Å²) < 4.78 is 12.9. The summed E-state index contributed by atoms with van der Waals surface area (Å²) in [6, 6.07) is 6.78. The molecule has 0 amide bonds. The maximum absolute atomic E-state index is 12.9. The van der Waals surface area contributed by atoms with Crippen molar-refractivity contribution in [2.75, 3.05) is 31.1 Å². The summed E-state index contributed by atoms with van der Waals surface area (Å²) in [7, 11) is 0. The molecule has 0 fully saturated rings. The summed E-state index contributed by atoms with van der Waals surface area (Å²) in [4.78, 5) is 2.30. The third kappa shape index (κ3) is 5.50. The van der Waals surface area contributed by atoms with E-state index >= 15 is 0 Å². The topological polar surface area (TPSA) is 15.3 Å². The molecule has 0 spiro atoms. The van der Waals surface area contributed by atoms with Crippen LogP contribution in [0.2, 0.25) is 0 Å². The Morgan fingerprint density at radius 1 is 1.06 bits per heavy atom. The molecule has 0 saturated heterocycles. The standard InChI is InChI=1S/C15H25FN2/c1-3-17-12-6-5-7-13-18(4-2)15-10-8-14(16)9-11-15/h8-11,17H,3-7,12-13H2,1-2H3. The molecule has 1 aromatic carbocycles. The van der Waals surface area contributed by atoms with Gasteiger partial charge in [-0.15, -0.1) is 0 Å². The Bertz CT molecular complexity index is 311. The Labute approximate surface area is 110 Å². The summed E-state index contributed by atoms with van der Waals surface area (Å²) >= 11 is 0. The van der Waals surface area contributed by atoms with E-state index in [2.05, 4.69) is 24.1 Å². The smallest absolute Gasteiger partial charge is 0.123 e. The van der Waals surface area contributed by atoms with Crippen LogP contribution in [0, 0.1) is 5.82 Å². The molecule has 0 aliphatic rings. The van der Waals surface area contributed by atoms with Crippen molar-refractivity contribution < 1.29 is 4.39 Å². The summed E-state index contributed by atoms with van der Waals surface area (Å²) in [6.07, 6.45) is 3.66. The molecule has 1 rings (SSSR count). The quantitative estimate of drug-likeness (QED) is 0.677. The van der Waals surface area contributed by atoms with E-state index in [0.29, 0.717) is 0 Å². The van der Waals surface area contributed by atoms with Crippen LogP contribution in [0.4, 0.5) is 10.1 Å². The number of nitrogens with one attached hydrogen (secondary N) is 1. The van der Waals surface area contributed by atoms with Crippen LogP contribution in [0.3, 0.4) is 0 Å². The first-order chi connectivity index (χ1) is 8.77. The summed E-state index contributed by atoms with van der Waals surface area (Å²) in [5.74, 6) is -0.166. The van der Waals surface area contributed by atoms with Crippen molar-refractivity contribution in [3.05, 3.63) is 30.1 Å². The molecule has 0 saturated carbocycles. The van der Waals surface area contributed by atoms with Crippen LogP contribution in [0.15, 0.2) is 24.3 Å². The first kappa shape index (κ1) is 15.0. The maximum Gasteiger partial charge on any atom is 0.123 e. The second-order valence-electron chi connectivity index (χ2n) is 4.47. The number of unbranched alkanes of at least 4 members (excludes halogenated alkanes) is 2. The maximum atomic E-state index is 12.9. The Kier molecular flexibility index (Phi) is 7.42. The van der Waals surface area contributed by atoms with Gasteiger partial charge in [0.2, 0.25) is 0 Å². The lowest BCUT2D eigenvalue weighted by Gasteiger charge is -2.23. The molecule has 0 atom stereocenters. The van der Waals surface area contributed by atoms with Crippen LogP contribution in [0.25, 0.3) is 0 Å². The lowest BCUT2D eigenvalue weighted by Crippen LogP contribution is -2.24. The minimum atomic E-state index is -0.166. The highest BCUT2D eigenvalue weighted by molar-refractivity contribution is 5.45. The van der Waals surface area contributed by atoms with Crippen molar-refractivity contribution in [3.8, 4) is 0 Å². The third-order valence-electron chi connectivity index (χ3n) is 3.11. The first-order valence-electron chi connectivity index (χ1n) is 6.99. The summed E-state index contributed by atoms with van der Waals surface area (Å²) in [5.41, 5.74) is 1.12. The number of rotatable bonds is 9. The average Bonchev–Trinajstić information content (AvgIpc) is 2.39. The van der Waals surface area contributed by atoms with Crippen LogP contribution in [-0.4, -0.2) is 26.2 Å². The highest BCUT2D eigenvalue weighted by Crippen LogP contribution is 2.15. The van der Waals surface area contributed by atoms with Crippen LogP contribution in [0.1, 0.15) is 33.1 Å². The molecular formula is C15H25FN2. The van der Waals surface area contributed by atoms with E-state index in [1.54, 1.807) is 0 Å². The van der Waals surface area contributed by atoms with Gasteiger partial charge in [0.1, 0.15) is 5.82 Å². The molecule has 1 aromatic rings. The lowest BCUT2D eigenvalue weighted by atomic mass is 10.2. The van der Waals surface area contributed by atoms with Gasteiger partial charge in [0.25, 0.3) is 0 Å². The molecule has 0 unspecified atom stereocenters. The fourth-order valence-corrected chi connectivity index (χ4v) is 2.03. The van der Waals surface area contributed by atoms with Gasteiger partial charge in [-0.05, 0) is 57.1 Å². The second-order valence-corrected chi connectivity index (χ2v) is 4.47. The molecule has 102 valence electrons. The molecule has 2 nitrogen and oxygen atoms in total. The minimum Gasteiger partial charge on any atom is -0.372 e. The third-order valence-corrected chi connectivity index (χ3v) is 3.11. The van der Waals surface area contributed by atoms with Gasteiger partial charge in [0, 0.05) is 18.8 Å². The molecule has 0 aliphatic heterocycles. The van der Waals surface area contributed by atoms with Crippen LogP contribution >= 0.6 is 0 Å². The van der Waals surface area contributed by atoms with Crippen molar-refractivity contribution in [1.29, 1.82) is 0 Å². The van der Waals surface area contributed by atoms with Crippen molar-refractivity contribution >= 4 is 5.69 Å². The average molecular weight is 252 g/mol. The van der Waals surface area contributed by atoms with Gasteiger partial charge in [-0.1, -0.05) is 13.3 Å². The fraction of sp³-hybridized carbons (Fsp3) is 0.600. The molecule has 0 aromatic heterocycles. The monoisotopic (exact) mass is 252 g/mol. The Balaban J connectivity index is 2.27. The van der Waals surface area contributed by atoms with Gasteiger partial charge in [-0.25, -0.2) is 4.39 Å². The molecule has 18 heavy (non-hydrogen) atoms. The van der Waals surface area contributed by atoms with E-state index in [1.807, 2.05) is 12.1 Å². The van der Waals surface area contributed by atoms with Crippen LogP contribution in [-0.2, 0) is 0 Å². The zero-order valence-electron chi connectivity index (χ0n) is 11.6. The molecule has 1 N–H and O–H groups in total. The van der Waals surface area contributed by atoms with Crippen molar-refractivity contribution in [3.63, 3.8) is 0 Å². The summed E-state index contributed by atoms with van der Waals surface area (Å²) in [5, 5.41) is 3.33. The summed E-state index contributed by atoms with van der Waals surface area (Å²) in [6.45, 7) is 8.46. The molecular weight excluding hydrogens is 227 g/mol. The fourth-order valence-electron chi connectivity index (χ4n) is 2.03. The highest BCUT2D eigenvalue weighted by Gasteiger charge is 2.03. The van der Waals surface area contributed by atoms with Gasteiger partial charge in [0.15, 0.2) is 0 Å². The number of hydrogen-bond donors (Lipinski definition) is 1. The number of nitrogens with zero attached hydrogens (tertiary/aromatic N) is 1. The number of hydrogen-bond acceptors (Lipinski definition) is 2. The normalized spacial score (nSPS) is 10.6. The van der Waals surface area contributed by atoms with E-state index in [9.17, 15) is 4.39 Å². The molecule has 0 heterocycles. The van der Waals surface area contributed by atoms with E-state index in [-0.39, 0.29) is 5.82 Å². The Hall–Kier alpha value is -1.09. The van der Waals surface area contributed by atoms with Gasteiger partial charge >= 0.3 is 0 Å². The van der Waals surface area contributed by atoms with Crippen molar-refractivity contribution in [1.82, 2.24) is 5.32 Å². The lowest BCUT2D eigenvalue weighted by molar-refractivity contribution is 0.608. The number of halogens is 1. The van der Waals surface area contributed by atoms with Crippen LogP contribution in [0.5, 0.6) is 0 Å². The number of benzene rings is 1. The predicted molar refractivity (Wildman–Crippen MR) is 76.7 cm³/mol. The molecule has 0 aliphatic carbocycles. The molecule has 0 bridgehead atoms. The van der Waals surface area contributed by atoms with E-state index < -0.39 is 0 Å². The van der Waals surface area contributed by atoms with Crippen LogP contribution < -0.4 is 10.2 Å². The van der Waals surface area contributed by atoms with Gasteiger partial charge in [0.05, 0.1) is 0 Å². The predicted octanol–water partition coefficient (Wildman–Crippen LogP) is 3.43. The van der Waals surface area contributed by atoms with Crippen molar-refractivity contribution in [2.24, 2.45) is 0 Å². The van der Waals surface area contributed by atoms with E-state index in [0.717, 1.165) is 31.9 Å². The SMILES string of the molecule is CCNCCCCCN(CC)c1ccc(F)cc1. The zero-order chi connectivity index (χ0) is 13.2. The van der Waals surface area contributed by atoms with E-state index in [1.165, 1.54) is 31.4 Å². The minimum absolute atomic E-state index is 0.166. The van der Waals surface area contributed by atoms with E-state index in [4.69, 9.17) is 0 Å². The Morgan fingerprint density at radius 2 is 1.78 bits per heavy atom. The molecule has 3 heteroatoms. The Morgan fingerprint density at radius 3 is 2.39 bits per heavy atom. The highest BCUT2D eigenvalue weighted by atomic mass is 19.1. The zero-order valence-corrected chi connectivity index (χ0v) is 11.6. The van der Waals surface area contributed by atoms with Gasteiger partial charge in [-0.3, -0.25) is 0 Å².